The number of anilines is 2. The van der Waals surface area contributed by atoms with Gasteiger partial charge >= 0.3 is 0 Å². The first-order valence-corrected chi connectivity index (χ1v) is 12.3. The normalized spacial score (nSPS) is 17.3. The highest BCUT2D eigenvalue weighted by atomic mass is 35.5. The van der Waals surface area contributed by atoms with Crippen LogP contribution in [-0.4, -0.2) is 24.3 Å². The number of hydrogen-bond donors (Lipinski definition) is 3. The second kappa shape index (κ2) is 8.58. The van der Waals surface area contributed by atoms with E-state index in [2.05, 4.69) is 20.0 Å². The summed E-state index contributed by atoms with van der Waals surface area (Å²) in [6.07, 6.45) is 3.59. The number of benzene rings is 2. The number of H-pyrrole nitrogens is 1. The van der Waals surface area contributed by atoms with E-state index in [4.69, 9.17) is 11.6 Å². The van der Waals surface area contributed by atoms with Crippen molar-refractivity contribution in [3.05, 3.63) is 94.0 Å². The number of nitrogens with one attached hydrogen (secondary N) is 3. The molecule has 10 heteroatoms. The summed E-state index contributed by atoms with van der Waals surface area (Å²) >= 11 is 6.17. The molecule has 8 nitrogen and oxygen atoms in total. The van der Waals surface area contributed by atoms with Gasteiger partial charge in [0.1, 0.15) is 5.82 Å². The molecule has 2 aromatic carbocycles. The van der Waals surface area contributed by atoms with E-state index in [1.165, 1.54) is 24.5 Å². The summed E-state index contributed by atoms with van der Waals surface area (Å²) in [5.74, 6) is -0.115. The van der Waals surface area contributed by atoms with Gasteiger partial charge in [-0.3, -0.25) is 14.3 Å². The Balaban J connectivity index is 1.26. The van der Waals surface area contributed by atoms with Crippen LogP contribution < -0.4 is 15.6 Å². The fourth-order valence-corrected chi connectivity index (χ4v) is 5.12. The van der Waals surface area contributed by atoms with Crippen molar-refractivity contribution in [2.24, 2.45) is 5.92 Å². The van der Waals surface area contributed by atoms with Gasteiger partial charge in [-0.05, 0) is 60.4 Å². The van der Waals surface area contributed by atoms with Gasteiger partial charge in [-0.1, -0.05) is 29.8 Å². The highest BCUT2D eigenvalue weighted by Gasteiger charge is 2.44. The van der Waals surface area contributed by atoms with Gasteiger partial charge in [0.05, 0.1) is 9.92 Å². The van der Waals surface area contributed by atoms with Crippen molar-refractivity contribution in [3.8, 4) is 0 Å². The molecule has 1 saturated carbocycles. The maximum Gasteiger partial charge on any atom is 0.263 e. The Kier molecular flexibility index (Phi) is 5.59. The molecule has 1 fully saturated rings. The zero-order chi connectivity index (χ0) is 23.9. The summed E-state index contributed by atoms with van der Waals surface area (Å²) in [7, 11) is -3.76. The minimum Gasteiger partial charge on any atom is -0.327 e. The lowest BCUT2D eigenvalue weighted by atomic mass is 10.1. The third-order valence-electron chi connectivity index (χ3n) is 5.77. The highest BCUT2D eigenvalue weighted by molar-refractivity contribution is 7.92. The fourth-order valence-electron chi connectivity index (χ4n) is 3.90. The molecule has 2 atom stereocenters. The van der Waals surface area contributed by atoms with Crippen molar-refractivity contribution in [1.29, 1.82) is 0 Å². The topological polar surface area (TPSA) is 121 Å². The molecule has 2 heterocycles. The van der Waals surface area contributed by atoms with Crippen LogP contribution in [0.15, 0.2) is 82.7 Å². The van der Waals surface area contributed by atoms with E-state index in [1.54, 1.807) is 48.5 Å². The van der Waals surface area contributed by atoms with E-state index in [0.29, 0.717) is 27.9 Å². The summed E-state index contributed by atoms with van der Waals surface area (Å²) in [6.45, 7) is 0. The molecule has 1 aliphatic rings. The van der Waals surface area contributed by atoms with Crippen LogP contribution in [0.3, 0.4) is 0 Å². The zero-order valence-electron chi connectivity index (χ0n) is 17.7. The molecule has 172 valence electrons. The van der Waals surface area contributed by atoms with Gasteiger partial charge in [-0.25, -0.2) is 13.4 Å². The number of halogens is 1. The van der Waals surface area contributed by atoms with Crippen molar-refractivity contribution in [2.45, 2.75) is 17.2 Å². The van der Waals surface area contributed by atoms with Gasteiger partial charge in [0.2, 0.25) is 5.91 Å². The summed E-state index contributed by atoms with van der Waals surface area (Å²) in [5, 5.41) is 4.28. The first kappa shape index (κ1) is 22.1. The van der Waals surface area contributed by atoms with Gasteiger partial charge in [-0.2, -0.15) is 0 Å². The number of amides is 1. The molecule has 0 bridgehead atoms. The average molecular weight is 495 g/mol. The first-order valence-electron chi connectivity index (χ1n) is 10.5. The number of sulfonamides is 1. The summed E-state index contributed by atoms with van der Waals surface area (Å²) in [4.78, 5) is 31.3. The number of fused-ring (bicyclic) bond motifs is 1. The molecule has 1 amide bonds. The van der Waals surface area contributed by atoms with E-state index in [1.807, 2.05) is 0 Å². The highest BCUT2D eigenvalue weighted by Crippen LogP contribution is 2.48. The van der Waals surface area contributed by atoms with Crippen LogP contribution in [-0.2, 0) is 14.8 Å². The summed E-state index contributed by atoms with van der Waals surface area (Å²) in [6, 6.07) is 16.4. The quantitative estimate of drug-likeness (QED) is 0.372. The molecule has 34 heavy (non-hydrogen) atoms. The van der Waals surface area contributed by atoms with Crippen LogP contribution in [0.5, 0.6) is 0 Å². The second-order valence-corrected chi connectivity index (χ2v) is 10.1. The van der Waals surface area contributed by atoms with E-state index in [9.17, 15) is 18.0 Å². The van der Waals surface area contributed by atoms with Gasteiger partial charge < -0.3 is 10.3 Å². The largest absolute Gasteiger partial charge is 0.327 e. The second-order valence-electron chi connectivity index (χ2n) is 8.05. The number of aromatic nitrogens is 2. The Labute approximate surface area is 200 Å². The number of nitrogens with zero attached hydrogens (tertiary/aromatic N) is 1. The van der Waals surface area contributed by atoms with Crippen LogP contribution in [0.1, 0.15) is 17.9 Å². The Hall–Kier alpha value is -3.69. The number of rotatable bonds is 6. The van der Waals surface area contributed by atoms with Crippen molar-refractivity contribution in [2.75, 3.05) is 10.0 Å². The first-order chi connectivity index (χ1) is 16.3. The molecule has 0 radical (unpaired) electrons. The van der Waals surface area contributed by atoms with Crippen LogP contribution in [0.2, 0.25) is 5.02 Å². The van der Waals surface area contributed by atoms with E-state index >= 15 is 0 Å². The lowest BCUT2D eigenvalue weighted by molar-refractivity contribution is -0.117. The van der Waals surface area contributed by atoms with E-state index < -0.39 is 10.0 Å². The molecule has 3 N–H and O–H groups in total. The molecule has 1 unspecified atom stereocenters. The molecular weight excluding hydrogens is 476 g/mol. The van der Waals surface area contributed by atoms with Crippen molar-refractivity contribution in [3.63, 3.8) is 0 Å². The number of carbonyl (C=O) groups excluding carboxylic acids is 1. The van der Waals surface area contributed by atoms with Crippen molar-refractivity contribution >= 4 is 49.8 Å². The maximum absolute atomic E-state index is 12.8. The zero-order valence-corrected chi connectivity index (χ0v) is 19.2. The lowest BCUT2D eigenvalue weighted by Gasteiger charge is -2.09. The Morgan fingerprint density at radius 3 is 2.59 bits per heavy atom. The van der Waals surface area contributed by atoms with Gasteiger partial charge in [0.25, 0.3) is 15.6 Å². The lowest BCUT2D eigenvalue weighted by Crippen LogP contribution is -2.15. The van der Waals surface area contributed by atoms with Crippen molar-refractivity contribution in [1.82, 2.24) is 9.97 Å². The number of pyridine rings is 2. The smallest absolute Gasteiger partial charge is 0.263 e. The van der Waals surface area contributed by atoms with Crippen LogP contribution in [0.4, 0.5) is 11.5 Å². The van der Waals surface area contributed by atoms with E-state index in [-0.39, 0.29) is 34.0 Å². The average Bonchev–Trinajstić information content (AvgIpc) is 3.63. The van der Waals surface area contributed by atoms with Crippen LogP contribution in [0, 0.1) is 5.92 Å². The predicted octanol–water partition coefficient (Wildman–Crippen LogP) is 4.12. The monoisotopic (exact) mass is 494 g/mol. The minimum absolute atomic E-state index is 0.00684. The summed E-state index contributed by atoms with van der Waals surface area (Å²) in [5.41, 5.74) is 1.20. The molecule has 0 spiro atoms. The fraction of sp³-hybridized carbons (Fsp3) is 0.125. The van der Waals surface area contributed by atoms with Gasteiger partial charge in [0, 0.05) is 34.8 Å². The number of hydrogen-bond acceptors (Lipinski definition) is 5. The third-order valence-corrected chi connectivity index (χ3v) is 7.45. The molecule has 0 saturated heterocycles. The minimum atomic E-state index is -3.76. The molecule has 4 aromatic rings. The standard InChI is InChI=1S/C24H19ClN4O4S/c25-21-13-27-23(30)17-9-6-15(11-19(17)21)28-24(31)20-12-18(20)14-4-7-16(8-5-14)34(32,33)29-22-3-1-2-10-26-22/h1-11,13,18,20H,12H2,(H,26,29)(H,27,30)(H,28,31)/t18?,20-/m1/s1. The Morgan fingerprint density at radius 1 is 1.06 bits per heavy atom. The number of carbonyl (C=O) groups is 1. The Morgan fingerprint density at radius 2 is 1.85 bits per heavy atom. The predicted molar refractivity (Wildman–Crippen MR) is 131 cm³/mol. The molecule has 5 rings (SSSR count). The SMILES string of the molecule is O=C(Nc1ccc2c(=O)[nH]cc(Cl)c2c1)[C@@H]1CC1c1ccc(S(=O)(=O)Nc2ccccn2)cc1. The van der Waals surface area contributed by atoms with Gasteiger partial charge in [0.15, 0.2) is 0 Å². The molecular formula is C24H19ClN4O4S. The van der Waals surface area contributed by atoms with Crippen LogP contribution in [0.25, 0.3) is 10.8 Å². The maximum atomic E-state index is 12.8. The molecule has 2 aromatic heterocycles. The third kappa shape index (κ3) is 4.40. The number of aromatic amines is 1. The van der Waals surface area contributed by atoms with Crippen LogP contribution >= 0.6 is 11.6 Å². The van der Waals surface area contributed by atoms with E-state index in [0.717, 1.165) is 5.56 Å². The van der Waals surface area contributed by atoms with Gasteiger partial charge in [-0.15, -0.1) is 0 Å². The molecule has 0 aliphatic heterocycles. The Bertz CT molecular complexity index is 1550. The molecule has 1 aliphatic carbocycles. The van der Waals surface area contributed by atoms with Crippen molar-refractivity contribution < 1.29 is 13.2 Å². The summed E-state index contributed by atoms with van der Waals surface area (Å²) < 4.78 is 27.6.